The second kappa shape index (κ2) is 4.08. The Bertz CT molecular complexity index is 325. The molecule has 0 N–H and O–H groups in total. The maximum Gasteiger partial charge on any atom is 0.243 e. The Labute approximate surface area is 97.4 Å². The number of carbonyl (C=O) groups excluding carboxylic acids is 1. The van der Waals surface area contributed by atoms with Crippen LogP contribution in [-0.4, -0.2) is 23.4 Å². The number of nitrogens with zero attached hydrogens (tertiary/aromatic N) is 2. The molecule has 1 amide bonds. The molecule has 0 aromatic carbocycles. The van der Waals surface area contributed by atoms with E-state index in [1.807, 2.05) is 4.90 Å². The van der Waals surface area contributed by atoms with Crippen LogP contribution in [0, 0.1) is 22.7 Å². The Hall–Kier alpha value is -1.04. The molecule has 1 saturated carbocycles. The van der Waals surface area contributed by atoms with Crippen molar-refractivity contribution in [2.45, 2.75) is 52.0 Å². The zero-order valence-electron chi connectivity index (χ0n) is 10.2. The summed E-state index contributed by atoms with van der Waals surface area (Å²) in [6, 6.07) is 2.66. The molecule has 16 heavy (non-hydrogen) atoms. The summed E-state index contributed by atoms with van der Waals surface area (Å²) in [7, 11) is 0. The fourth-order valence-electron chi connectivity index (χ4n) is 3.25. The van der Waals surface area contributed by atoms with Crippen LogP contribution in [0.4, 0.5) is 0 Å². The lowest BCUT2D eigenvalue weighted by molar-refractivity contribution is -0.146. The highest BCUT2D eigenvalue weighted by Crippen LogP contribution is 2.47. The monoisotopic (exact) mass is 220 g/mol. The average molecular weight is 220 g/mol. The van der Waals surface area contributed by atoms with Crippen molar-refractivity contribution in [2.75, 3.05) is 6.54 Å². The topological polar surface area (TPSA) is 44.1 Å². The molecule has 0 radical (unpaired) electrons. The van der Waals surface area contributed by atoms with Crippen molar-refractivity contribution in [3.05, 3.63) is 0 Å². The molecule has 1 atom stereocenters. The Kier molecular flexibility index (Phi) is 2.92. The third kappa shape index (κ3) is 1.61. The van der Waals surface area contributed by atoms with E-state index in [-0.39, 0.29) is 5.91 Å². The highest BCUT2D eigenvalue weighted by Gasteiger charge is 2.51. The van der Waals surface area contributed by atoms with Crippen LogP contribution in [0.2, 0.25) is 0 Å². The van der Waals surface area contributed by atoms with Gasteiger partial charge in [-0.25, -0.2) is 0 Å². The zero-order chi connectivity index (χ0) is 11.8. The van der Waals surface area contributed by atoms with Gasteiger partial charge in [-0.1, -0.05) is 13.8 Å². The van der Waals surface area contributed by atoms with Gasteiger partial charge in [-0.3, -0.25) is 4.79 Å². The van der Waals surface area contributed by atoms with Crippen molar-refractivity contribution in [3.63, 3.8) is 0 Å². The standard InChI is InChI=1S/C13H20N2O/c1-3-11-5-4-6-15(11)12(16)13(9-14)7-10(2)8-13/h10-11H,3-8H2,1-2H3. The summed E-state index contributed by atoms with van der Waals surface area (Å²) in [6.07, 6.45) is 4.74. The second-order valence-corrected chi connectivity index (χ2v) is 5.41. The molecule has 1 heterocycles. The Morgan fingerprint density at radius 2 is 2.25 bits per heavy atom. The minimum atomic E-state index is -0.669. The molecule has 2 fully saturated rings. The number of carbonyl (C=O) groups is 1. The van der Waals surface area contributed by atoms with Crippen molar-refractivity contribution in [3.8, 4) is 6.07 Å². The van der Waals surface area contributed by atoms with E-state index in [4.69, 9.17) is 0 Å². The fraction of sp³-hybridized carbons (Fsp3) is 0.846. The average Bonchev–Trinajstić information content (AvgIpc) is 2.71. The second-order valence-electron chi connectivity index (χ2n) is 5.41. The van der Waals surface area contributed by atoms with Crippen molar-refractivity contribution in [2.24, 2.45) is 11.3 Å². The predicted octanol–water partition coefficient (Wildman–Crippen LogP) is 2.33. The van der Waals surface area contributed by atoms with Crippen LogP contribution in [-0.2, 0) is 4.79 Å². The van der Waals surface area contributed by atoms with Crippen molar-refractivity contribution in [1.82, 2.24) is 4.90 Å². The fourth-order valence-corrected chi connectivity index (χ4v) is 3.25. The van der Waals surface area contributed by atoms with Gasteiger partial charge >= 0.3 is 0 Å². The first-order valence-electron chi connectivity index (χ1n) is 6.35. The van der Waals surface area contributed by atoms with Gasteiger partial charge in [0.15, 0.2) is 0 Å². The third-order valence-corrected chi connectivity index (χ3v) is 4.13. The summed E-state index contributed by atoms with van der Waals surface area (Å²) >= 11 is 0. The first-order chi connectivity index (χ1) is 7.63. The lowest BCUT2D eigenvalue weighted by atomic mass is 9.62. The number of likely N-dealkylation sites (tertiary alicyclic amines) is 1. The summed E-state index contributed by atoms with van der Waals surface area (Å²) in [5.74, 6) is 0.642. The van der Waals surface area contributed by atoms with Gasteiger partial charge in [-0.2, -0.15) is 5.26 Å². The van der Waals surface area contributed by atoms with Gasteiger partial charge in [-0.05, 0) is 38.0 Å². The van der Waals surface area contributed by atoms with Crippen LogP contribution in [0.3, 0.4) is 0 Å². The van der Waals surface area contributed by atoms with Crippen LogP contribution < -0.4 is 0 Å². The molecule has 0 bridgehead atoms. The first-order valence-corrected chi connectivity index (χ1v) is 6.35. The van der Waals surface area contributed by atoms with Crippen molar-refractivity contribution < 1.29 is 4.79 Å². The van der Waals surface area contributed by atoms with E-state index in [1.165, 1.54) is 0 Å². The molecule has 2 aliphatic rings. The molecule has 1 saturated heterocycles. The summed E-state index contributed by atoms with van der Waals surface area (Å²) in [4.78, 5) is 14.4. The minimum absolute atomic E-state index is 0.109. The molecule has 1 aliphatic heterocycles. The number of hydrogen-bond acceptors (Lipinski definition) is 2. The largest absolute Gasteiger partial charge is 0.338 e. The van der Waals surface area contributed by atoms with Crippen molar-refractivity contribution in [1.29, 1.82) is 5.26 Å². The number of nitriles is 1. The molecule has 1 unspecified atom stereocenters. The minimum Gasteiger partial charge on any atom is -0.338 e. The maximum atomic E-state index is 12.4. The van der Waals surface area contributed by atoms with E-state index < -0.39 is 5.41 Å². The molecule has 3 heteroatoms. The van der Waals surface area contributed by atoms with Crippen LogP contribution in [0.5, 0.6) is 0 Å². The number of hydrogen-bond donors (Lipinski definition) is 0. The first kappa shape index (κ1) is 11.4. The number of amides is 1. The number of rotatable bonds is 2. The van der Waals surface area contributed by atoms with Gasteiger partial charge in [0, 0.05) is 12.6 Å². The van der Waals surface area contributed by atoms with Gasteiger partial charge in [0.2, 0.25) is 5.91 Å². The molecule has 2 rings (SSSR count). The molecule has 88 valence electrons. The van der Waals surface area contributed by atoms with Gasteiger partial charge in [0.25, 0.3) is 0 Å². The Morgan fingerprint density at radius 3 is 2.75 bits per heavy atom. The molecule has 0 spiro atoms. The molecule has 0 aromatic heterocycles. The van der Waals surface area contributed by atoms with E-state index >= 15 is 0 Å². The van der Waals surface area contributed by atoms with Gasteiger partial charge < -0.3 is 4.90 Å². The lowest BCUT2D eigenvalue weighted by Gasteiger charge is -2.42. The normalized spacial score (nSPS) is 37.9. The van der Waals surface area contributed by atoms with Crippen LogP contribution in [0.1, 0.15) is 46.0 Å². The summed E-state index contributed by atoms with van der Waals surface area (Å²) in [5.41, 5.74) is -0.669. The predicted molar refractivity (Wildman–Crippen MR) is 61.5 cm³/mol. The molecule has 1 aliphatic carbocycles. The van der Waals surface area contributed by atoms with Crippen LogP contribution in [0.25, 0.3) is 0 Å². The van der Waals surface area contributed by atoms with Gasteiger partial charge in [-0.15, -0.1) is 0 Å². The zero-order valence-corrected chi connectivity index (χ0v) is 10.2. The highest BCUT2D eigenvalue weighted by molar-refractivity contribution is 5.87. The summed E-state index contributed by atoms with van der Waals surface area (Å²) in [5, 5.41) is 9.25. The van der Waals surface area contributed by atoms with E-state index in [9.17, 15) is 10.1 Å². The molecule has 3 nitrogen and oxygen atoms in total. The van der Waals surface area contributed by atoms with E-state index in [0.717, 1.165) is 38.6 Å². The van der Waals surface area contributed by atoms with Gasteiger partial charge in [0.05, 0.1) is 6.07 Å². The van der Waals surface area contributed by atoms with E-state index in [1.54, 1.807) is 0 Å². The van der Waals surface area contributed by atoms with E-state index in [2.05, 4.69) is 19.9 Å². The lowest BCUT2D eigenvalue weighted by Crippen LogP contribution is -2.51. The van der Waals surface area contributed by atoms with Crippen LogP contribution in [0.15, 0.2) is 0 Å². The van der Waals surface area contributed by atoms with Crippen LogP contribution >= 0.6 is 0 Å². The molecular formula is C13H20N2O. The Balaban J connectivity index is 2.10. The SMILES string of the molecule is CCC1CCCN1C(=O)C1(C#N)CC(C)C1. The smallest absolute Gasteiger partial charge is 0.243 e. The highest BCUT2D eigenvalue weighted by atomic mass is 16.2. The van der Waals surface area contributed by atoms with Gasteiger partial charge in [0.1, 0.15) is 5.41 Å². The molecular weight excluding hydrogens is 200 g/mol. The molecule has 0 aromatic rings. The quantitative estimate of drug-likeness (QED) is 0.717. The Morgan fingerprint density at radius 1 is 1.56 bits per heavy atom. The van der Waals surface area contributed by atoms with E-state index in [0.29, 0.717) is 12.0 Å². The third-order valence-electron chi connectivity index (χ3n) is 4.13. The van der Waals surface area contributed by atoms with Crippen molar-refractivity contribution >= 4 is 5.91 Å². The maximum absolute atomic E-state index is 12.4. The summed E-state index contributed by atoms with van der Waals surface area (Å²) in [6.45, 7) is 5.10. The summed E-state index contributed by atoms with van der Waals surface area (Å²) < 4.78 is 0.